The molecule has 0 unspecified atom stereocenters. The van der Waals surface area contributed by atoms with Crippen LogP contribution in [0.1, 0.15) is 18.7 Å². The molecule has 1 aliphatic rings. The van der Waals surface area contributed by atoms with Crippen molar-refractivity contribution in [2.75, 3.05) is 0 Å². The summed E-state index contributed by atoms with van der Waals surface area (Å²) in [6.07, 6.45) is 1.83. The molecule has 2 aromatic heterocycles. The van der Waals surface area contributed by atoms with Crippen LogP contribution in [0.5, 0.6) is 5.88 Å². The van der Waals surface area contributed by atoms with E-state index in [9.17, 15) is 9.18 Å². The lowest BCUT2D eigenvalue weighted by Crippen LogP contribution is -2.14. The van der Waals surface area contributed by atoms with Crippen molar-refractivity contribution in [3.63, 3.8) is 0 Å². The molecule has 7 heteroatoms. The van der Waals surface area contributed by atoms with E-state index in [4.69, 9.17) is 16.3 Å². The second-order valence-corrected chi connectivity index (χ2v) is 4.57. The van der Waals surface area contributed by atoms with Gasteiger partial charge in [-0.2, -0.15) is 4.98 Å². The van der Waals surface area contributed by atoms with Gasteiger partial charge >= 0.3 is 0 Å². The largest absolute Gasteiger partial charge is 0.474 e. The molecule has 1 aliphatic carbocycles. The van der Waals surface area contributed by atoms with Gasteiger partial charge in [-0.25, -0.2) is 9.37 Å². The molecule has 0 aliphatic heterocycles. The molecule has 94 valence electrons. The van der Waals surface area contributed by atoms with E-state index in [0.717, 1.165) is 12.8 Å². The lowest BCUT2D eigenvalue weighted by Gasteiger charge is -2.08. The van der Waals surface area contributed by atoms with Crippen molar-refractivity contribution in [2.45, 2.75) is 25.9 Å². The molecule has 0 aromatic carbocycles. The van der Waals surface area contributed by atoms with Crippen molar-refractivity contribution < 1.29 is 9.13 Å². The van der Waals surface area contributed by atoms with E-state index in [0.29, 0.717) is 5.82 Å². The van der Waals surface area contributed by atoms with Crippen molar-refractivity contribution in [2.24, 2.45) is 0 Å². The molecule has 0 radical (unpaired) electrons. The monoisotopic (exact) mass is 269 g/mol. The number of aromatic nitrogens is 3. The predicted molar refractivity (Wildman–Crippen MR) is 63.5 cm³/mol. The number of hydrogen-bond acceptors (Lipinski definition) is 4. The lowest BCUT2D eigenvalue weighted by molar-refractivity contribution is 0.294. The molecule has 0 saturated heterocycles. The number of hydrogen-bond donors (Lipinski definition) is 1. The molecule has 3 rings (SSSR count). The Bertz CT molecular complexity index is 697. The first-order valence-corrected chi connectivity index (χ1v) is 5.86. The van der Waals surface area contributed by atoms with Gasteiger partial charge in [0.2, 0.25) is 5.88 Å². The molecule has 18 heavy (non-hydrogen) atoms. The molecular weight excluding hydrogens is 261 g/mol. The normalized spacial score (nSPS) is 15.1. The molecular formula is C11H9ClFN3O2. The zero-order valence-corrected chi connectivity index (χ0v) is 10.2. The van der Waals surface area contributed by atoms with Crippen LogP contribution in [0.25, 0.3) is 10.9 Å². The standard InChI is InChI=1S/C11H9ClFN3O2/c1-4-14-8-6(10(17)15-4)11(18-5-2-3-5)16-9(12)7(8)13/h5H,2-3H2,1H3,(H,14,15,17). The van der Waals surface area contributed by atoms with Gasteiger partial charge in [0.05, 0.1) is 0 Å². The molecule has 2 heterocycles. The Morgan fingerprint density at radius 3 is 2.83 bits per heavy atom. The van der Waals surface area contributed by atoms with Crippen LogP contribution >= 0.6 is 11.6 Å². The summed E-state index contributed by atoms with van der Waals surface area (Å²) in [6, 6.07) is 0. The summed E-state index contributed by atoms with van der Waals surface area (Å²) in [7, 11) is 0. The Labute approximate surface area is 106 Å². The average molecular weight is 270 g/mol. The maximum Gasteiger partial charge on any atom is 0.264 e. The molecule has 1 saturated carbocycles. The Kier molecular flexibility index (Phi) is 2.48. The van der Waals surface area contributed by atoms with Gasteiger partial charge in [-0.05, 0) is 19.8 Å². The number of rotatable bonds is 2. The first kappa shape index (κ1) is 11.4. The number of nitrogens with zero attached hydrogens (tertiary/aromatic N) is 2. The summed E-state index contributed by atoms with van der Waals surface area (Å²) in [4.78, 5) is 22.1. The van der Waals surface area contributed by atoms with Crippen LogP contribution in [0.15, 0.2) is 4.79 Å². The van der Waals surface area contributed by atoms with Crippen molar-refractivity contribution in [3.8, 4) is 5.88 Å². The van der Waals surface area contributed by atoms with Gasteiger partial charge in [0, 0.05) is 0 Å². The van der Waals surface area contributed by atoms with E-state index < -0.39 is 11.4 Å². The number of nitrogens with one attached hydrogen (secondary N) is 1. The molecule has 0 amide bonds. The first-order valence-electron chi connectivity index (χ1n) is 5.48. The minimum absolute atomic E-state index is 0.00870. The Hall–Kier alpha value is -1.69. The minimum Gasteiger partial charge on any atom is -0.474 e. The van der Waals surface area contributed by atoms with Crippen LogP contribution in [-0.2, 0) is 0 Å². The fourth-order valence-electron chi connectivity index (χ4n) is 1.66. The Morgan fingerprint density at radius 2 is 2.17 bits per heavy atom. The predicted octanol–water partition coefficient (Wildman–Crippen LogP) is 1.96. The topological polar surface area (TPSA) is 67.9 Å². The van der Waals surface area contributed by atoms with E-state index in [1.165, 1.54) is 0 Å². The quantitative estimate of drug-likeness (QED) is 0.846. The van der Waals surface area contributed by atoms with Crippen molar-refractivity contribution in [1.82, 2.24) is 15.0 Å². The molecule has 1 N–H and O–H groups in total. The zero-order valence-electron chi connectivity index (χ0n) is 9.46. The SMILES string of the molecule is Cc1nc2c(F)c(Cl)nc(OC3CC3)c2c(=O)[nH]1. The zero-order chi connectivity index (χ0) is 12.9. The smallest absolute Gasteiger partial charge is 0.264 e. The van der Waals surface area contributed by atoms with Crippen molar-refractivity contribution in [3.05, 3.63) is 27.1 Å². The third-order valence-electron chi connectivity index (χ3n) is 2.64. The first-order chi connectivity index (χ1) is 8.56. The molecule has 0 atom stereocenters. The van der Waals surface area contributed by atoms with Gasteiger partial charge in [0.25, 0.3) is 5.56 Å². The second kappa shape index (κ2) is 3.91. The van der Waals surface area contributed by atoms with Gasteiger partial charge in [-0.1, -0.05) is 11.6 Å². The van der Waals surface area contributed by atoms with Crippen LogP contribution < -0.4 is 10.3 Å². The van der Waals surface area contributed by atoms with E-state index >= 15 is 0 Å². The maximum atomic E-state index is 13.8. The third kappa shape index (κ3) is 1.82. The second-order valence-electron chi connectivity index (χ2n) is 4.21. The van der Waals surface area contributed by atoms with Crippen LogP contribution in [0.3, 0.4) is 0 Å². The number of fused-ring (bicyclic) bond motifs is 1. The maximum absolute atomic E-state index is 13.8. The number of ether oxygens (including phenoxy) is 1. The number of halogens is 2. The molecule has 5 nitrogen and oxygen atoms in total. The van der Waals surface area contributed by atoms with Gasteiger partial charge in [0.1, 0.15) is 22.8 Å². The highest BCUT2D eigenvalue weighted by Gasteiger charge is 2.27. The number of H-pyrrole nitrogens is 1. The lowest BCUT2D eigenvalue weighted by atomic mass is 10.3. The molecule has 2 aromatic rings. The third-order valence-corrected chi connectivity index (χ3v) is 2.89. The Balaban J connectivity index is 2.34. The highest BCUT2D eigenvalue weighted by molar-refractivity contribution is 6.30. The molecule has 1 fully saturated rings. The van der Waals surface area contributed by atoms with Crippen molar-refractivity contribution >= 4 is 22.5 Å². The van der Waals surface area contributed by atoms with E-state index in [-0.39, 0.29) is 28.0 Å². The van der Waals surface area contributed by atoms with E-state index in [1.807, 2.05) is 0 Å². The number of pyridine rings is 1. The highest BCUT2D eigenvalue weighted by Crippen LogP contribution is 2.31. The summed E-state index contributed by atoms with van der Waals surface area (Å²) in [5, 5.41) is -0.329. The summed E-state index contributed by atoms with van der Waals surface area (Å²) >= 11 is 5.68. The molecule has 0 spiro atoms. The van der Waals surface area contributed by atoms with Crippen LogP contribution in [0.2, 0.25) is 5.15 Å². The highest BCUT2D eigenvalue weighted by atomic mass is 35.5. The minimum atomic E-state index is -0.802. The van der Waals surface area contributed by atoms with Gasteiger partial charge in [0.15, 0.2) is 11.0 Å². The number of aromatic amines is 1. The Morgan fingerprint density at radius 1 is 1.44 bits per heavy atom. The van der Waals surface area contributed by atoms with Gasteiger partial charge in [-0.3, -0.25) is 4.79 Å². The fourth-order valence-corrected chi connectivity index (χ4v) is 1.83. The van der Waals surface area contributed by atoms with Crippen LogP contribution in [-0.4, -0.2) is 21.1 Å². The summed E-state index contributed by atoms with van der Waals surface area (Å²) in [5.74, 6) is -0.442. The fraction of sp³-hybridized carbons (Fsp3) is 0.364. The summed E-state index contributed by atoms with van der Waals surface area (Å²) in [5.41, 5.74) is -0.580. The summed E-state index contributed by atoms with van der Waals surface area (Å²) in [6.45, 7) is 1.57. The van der Waals surface area contributed by atoms with Crippen LogP contribution in [0, 0.1) is 12.7 Å². The van der Waals surface area contributed by atoms with Gasteiger partial charge in [-0.15, -0.1) is 0 Å². The van der Waals surface area contributed by atoms with E-state index in [2.05, 4.69) is 15.0 Å². The average Bonchev–Trinajstić information content (AvgIpc) is 3.08. The summed E-state index contributed by atoms with van der Waals surface area (Å²) < 4.78 is 19.3. The van der Waals surface area contributed by atoms with Gasteiger partial charge < -0.3 is 9.72 Å². The molecule has 0 bridgehead atoms. The van der Waals surface area contributed by atoms with Crippen molar-refractivity contribution in [1.29, 1.82) is 0 Å². The number of aryl methyl sites for hydroxylation is 1. The van der Waals surface area contributed by atoms with E-state index in [1.54, 1.807) is 6.92 Å². The van der Waals surface area contributed by atoms with Crippen LogP contribution in [0.4, 0.5) is 4.39 Å².